The van der Waals surface area contributed by atoms with Crippen LogP contribution >= 0.6 is 23.2 Å². The van der Waals surface area contributed by atoms with Gasteiger partial charge in [-0.2, -0.15) is 0 Å². The summed E-state index contributed by atoms with van der Waals surface area (Å²) in [6.07, 6.45) is 0. The number of benzene rings is 1. The van der Waals surface area contributed by atoms with Crippen LogP contribution in [0.15, 0.2) is 23.1 Å². The minimum atomic E-state index is -3.66. The molecule has 7 heteroatoms. The van der Waals surface area contributed by atoms with Gasteiger partial charge in [0, 0.05) is 6.04 Å². The van der Waals surface area contributed by atoms with Gasteiger partial charge in [0.2, 0.25) is 10.0 Å². The molecular formula is C9H11Cl2NO3S. The minimum Gasteiger partial charge on any atom is -0.395 e. The Labute approximate surface area is 104 Å². The quantitative estimate of drug-likeness (QED) is 0.883. The molecule has 1 unspecified atom stereocenters. The first-order valence-electron chi connectivity index (χ1n) is 4.45. The summed E-state index contributed by atoms with van der Waals surface area (Å²) in [5, 5.41) is 9.23. The van der Waals surface area contributed by atoms with Crippen LogP contribution in [0.25, 0.3) is 0 Å². The Morgan fingerprint density at radius 3 is 2.50 bits per heavy atom. The fourth-order valence-corrected chi connectivity index (χ4v) is 2.64. The summed E-state index contributed by atoms with van der Waals surface area (Å²) in [5.41, 5.74) is 0. The van der Waals surface area contributed by atoms with Crippen molar-refractivity contribution in [2.75, 3.05) is 6.61 Å². The summed E-state index contributed by atoms with van der Waals surface area (Å²) in [7, 11) is -3.66. The van der Waals surface area contributed by atoms with Crippen LogP contribution in [-0.4, -0.2) is 26.2 Å². The number of rotatable bonds is 4. The van der Waals surface area contributed by atoms with Crippen LogP contribution in [0.1, 0.15) is 6.92 Å². The van der Waals surface area contributed by atoms with Crippen LogP contribution in [0.5, 0.6) is 0 Å². The van der Waals surface area contributed by atoms with Crippen molar-refractivity contribution in [2.45, 2.75) is 17.9 Å². The van der Waals surface area contributed by atoms with E-state index in [1.54, 1.807) is 6.92 Å². The average molecular weight is 284 g/mol. The van der Waals surface area contributed by atoms with Crippen molar-refractivity contribution < 1.29 is 13.5 Å². The van der Waals surface area contributed by atoms with Gasteiger partial charge in [-0.1, -0.05) is 23.2 Å². The van der Waals surface area contributed by atoms with Crippen LogP contribution < -0.4 is 4.72 Å². The molecule has 4 nitrogen and oxygen atoms in total. The van der Waals surface area contributed by atoms with E-state index in [-0.39, 0.29) is 21.5 Å². The summed E-state index contributed by atoms with van der Waals surface area (Å²) in [5.74, 6) is 0. The SMILES string of the molecule is CC(CO)NS(=O)(=O)c1ccc(Cl)c(Cl)c1. The molecule has 0 bridgehead atoms. The average Bonchev–Trinajstić information content (AvgIpc) is 2.21. The third-order valence-corrected chi connectivity index (χ3v) is 4.16. The molecular weight excluding hydrogens is 273 g/mol. The molecule has 0 spiro atoms. The number of aliphatic hydroxyl groups is 1. The molecule has 16 heavy (non-hydrogen) atoms. The Hall–Kier alpha value is -0.330. The molecule has 0 fully saturated rings. The van der Waals surface area contributed by atoms with E-state index in [1.807, 2.05) is 0 Å². The maximum absolute atomic E-state index is 11.7. The summed E-state index contributed by atoms with van der Waals surface area (Å²) in [4.78, 5) is 0.0159. The predicted molar refractivity (Wildman–Crippen MR) is 63.3 cm³/mol. The van der Waals surface area contributed by atoms with Gasteiger partial charge >= 0.3 is 0 Å². The van der Waals surface area contributed by atoms with E-state index in [1.165, 1.54) is 18.2 Å². The van der Waals surface area contributed by atoms with Crippen molar-refractivity contribution in [1.29, 1.82) is 0 Å². The van der Waals surface area contributed by atoms with Crippen LogP contribution in [-0.2, 0) is 10.0 Å². The highest BCUT2D eigenvalue weighted by Crippen LogP contribution is 2.24. The highest BCUT2D eigenvalue weighted by molar-refractivity contribution is 7.89. The first-order chi connectivity index (χ1) is 7.36. The molecule has 0 saturated heterocycles. The fourth-order valence-electron chi connectivity index (χ4n) is 1.01. The summed E-state index contributed by atoms with van der Waals surface area (Å²) in [6.45, 7) is 1.27. The van der Waals surface area contributed by atoms with E-state index in [0.29, 0.717) is 0 Å². The van der Waals surface area contributed by atoms with Gasteiger partial charge in [0.25, 0.3) is 0 Å². The second-order valence-electron chi connectivity index (χ2n) is 3.28. The zero-order valence-corrected chi connectivity index (χ0v) is 10.8. The van der Waals surface area contributed by atoms with Crippen LogP contribution in [0.3, 0.4) is 0 Å². The Balaban J connectivity index is 3.03. The van der Waals surface area contributed by atoms with Crippen LogP contribution in [0.4, 0.5) is 0 Å². The van der Waals surface area contributed by atoms with Crippen LogP contribution in [0.2, 0.25) is 10.0 Å². The molecule has 1 aromatic rings. The Morgan fingerprint density at radius 1 is 1.38 bits per heavy atom. The van der Waals surface area contributed by atoms with Crippen molar-refractivity contribution in [3.63, 3.8) is 0 Å². The molecule has 0 heterocycles. The zero-order valence-electron chi connectivity index (χ0n) is 8.44. The maximum atomic E-state index is 11.7. The topological polar surface area (TPSA) is 66.4 Å². The highest BCUT2D eigenvalue weighted by Gasteiger charge is 2.17. The predicted octanol–water partition coefficient (Wildman–Crippen LogP) is 1.65. The zero-order chi connectivity index (χ0) is 12.3. The fraction of sp³-hybridized carbons (Fsp3) is 0.333. The third kappa shape index (κ3) is 3.33. The second kappa shape index (κ2) is 5.33. The van der Waals surface area contributed by atoms with Gasteiger partial charge in [-0.05, 0) is 25.1 Å². The molecule has 0 amide bonds. The number of aliphatic hydroxyl groups excluding tert-OH is 1. The van der Waals surface area contributed by atoms with Gasteiger partial charge in [0.15, 0.2) is 0 Å². The lowest BCUT2D eigenvalue weighted by molar-refractivity contribution is 0.265. The number of hydrogen-bond donors (Lipinski definition) is 2. The first-order valence-corrected chi connectivity index (χ1v) is 6.69. The molecule has 1 rings (SSSR count). The number of halogens is 2. The van der Waals surface area contributed by atoms with E-state index in [0.717, 1.165) is 0 Å². The van der Waals surface area contributed by atoms with E-state index in [2.05, 4.69) is 4.72 Å². The molecule has 0 aliphatic heterocycles. The normalized spacial score (nSPS) is 13.8. The molecule has 2 N–H and O–H groups in total. The molecule has 0 aromatic heterocycles. The summed E-state index contributed by atoms with van der Waals surface area (Å²) >= 11 is 11.4. The van der Waals surface area contributed by atoms with E-state index >= 15 is 0 Å². The largest absolute Gasteiger partial charge is 0.395 e. The Bertz CT molecular complexity index is 476. The van der Waals surface area contributed by atoms with E-state index in [9.17, 15) is 8.42 Å². The van der Waals surface area contributed by atoms with Gasteiger partial charge in [0.05, 0.1) is 21.5 Å². The molecule has 0 saturated carbocycles. The van der Waals surface area contributed by atoms with Gasteiger partial charge in [-0.25, -0.2) is 13.1 Å². The van der Waals surface area contributed by atoms with Crippen molar-refractivity contribution in [3.05, 3.63) is 28.2 Å². The van der Waals surface area contributed by atoms with Crippen molar-refractivity contribution in [2.24, 2.45) is 0 Å². The molecule has 0 aliphatic rings. The molecule has 1 atom stereocenters. The Kier molecular flexibility index (Phi) is 4.58. The van der Waals surface area contributed by atoms with Gasteiger partial charge < -0.3 is 5.11 Å². The second-order valence-corrected chi connectivity index (χ2v) is 5.81. The minimum absolute atomic E-state index is 0.0159. The monoisotopic (exact) mass is 283 g/mol. The molecule has 90 valence electrons. The highest BCUT2D eigenvalue weighted by atomic mass is 35.5. The molecule has 1 aromatic carbocycles. The number of hydrogen-bond acceptors (Lipinski definition) is 3. The lowest BCUT2D eigenvalue weighted by Crippen LogP contribution is -2.34. The van der Waals surface area contributed by atoms with E-state index in [4.69, 9.17) is 28.3 Å². The maximum Gasteiger partial charge on any atom is 0.240 e. The molecule has 0 radical (unpaired) electrons. The van der Waals surface area contributed by atoms with E-state index < -0.39 is 16.1 Å². The molecule has 0 aliphatic carbocycles. The van der Waals surface area contributed by atoms with Gasteiger partial charge in [-0.3, -0.25) is 0 Å². The van der Waals surface area contributed by atoms with Crippen LogP contribution in [0, 0.1) is 0 Å². The lowest BCUT2D eigenvalue weighted by Gasteiger charge is -2.11. The number of sulfonamides is 1. The standard InChI is InChI=1S/C9H11Cl2NO3S/c1-6(5-13)12-16(14,15)7-2-3-8(10)9(11)4-7/h2-4,6,12-13H,5H2,1H3. The van der Waals surface area contributed by atoms with Gasteiger partial charge in [0.1, 0.15) is 0 Å². The smallest absolute Gasteiger partial charge is 0.240 e. The van der Waals surface area contributed by atoms with Crippen molar-refractivity contribution in [3.8, 4) is 0 Å². The summed E-state index contributed by atoms with van der Waals surface area (Å²) < 4.78 is 25.8. The lowest BCUT2D eigenvalue weighted by atomic mass is 10.4. The van der Waals surface area contributed by atoms with Crippen molar-refractivity contribution in [1.82, 2.24) is 4.72 Å². The van der Waals surface area contributed by atoms with Crippen molar-refractivity contribution >= 4 is 33.2 Å². The first kappa shape index (κ1) is 13.7. The number of nitrogens with one attached hydrogen (secondary N) is 1. The Morgan fingerprint density at radius 2 is 2.00 bits per heavy atom. The summed E-state index contributed by atoms with van der Waals surface area (Å²) in [6, 6.07) is 3.46. The third-order valence-electron chi connectivity index (χ3n) is 1.83. The van der Waals surface area contributed by atoms with Gasteiger partial charge in [-0.15, -0.1) is 0 Å².